The average molecular weight is 385 g/mol. The van der Waals surface area contributed by atoms with E-state index in [1.54, 1.807) is 0 Å². The monoisotopic (exact) mass is 385 g/mol. The van der Waals surface area contributed by atoms with E-state index in [-0.39, 0.29) is 42.9 Å². The summed E-state index contributed by atoms with van der Waals surface area (Å²) in [5.41, 5.74) is 1.58. The lowest BCUT2D eigenvalue weighted by Gasteiger charge is -2.31. The number of hydrogen-bond acceptors (Lipinski definition) is 4. The van der Waals surface area contributed by atoms with Gasteiger partial charge in [0.1, 0.15) is 12.3 Å². The number of ether oxygens (including phenoxy) is 1. The molecular formula is C21H27N3O4. The van der Waals surface area contributed by atoms with E-state index in [2.05, 4.69) is 10.6 Å². The minimum atomic E-state index is -0.369. The molecule has 0 bridgehead atoms. The van der Waals surface area contributed by atoms with E-state index < -0.39 is 0 Å². The summed E-state index contributed by atoms with van der Waals surface area (Å²) >= 11 is 0. The topological polar surface area (TPSA) is 89.4 Å². The lowest BCUT2D eigenvalue weighted by molar-refractivity contribution is -0.141. The molecule has 0 aliphatic heterocycles. The Morgan fingerprint density at radius 3 is 2.68 bits per heavy atom. The van der Waals surface area contributed by atoms with Crippen LogP contribution < -0.4 is 10.6 Å². The molecule has 150 valence electrons. The maximum atomic E-state index is 12.9. The van der Waals surface area contributed by atoms with E-state index in [1.807, 2.05) is 41.9 Å². The van der Waals surface area contributed by atoms with Crippen molar-refractivity contribution in [3.05, 3.63) is 36.0 Å². The highest BCUT2D eigenvalue weighted by atomic mass is 16.5. The van der Waals surface area contributed by atoms with Crippen molar-refractivity contribution in [3.8, 4) is 0 Å². The van der Waals surface area contributed by atoms with Crippen LogP contribution in [0.4, 0.5) is 0 Å². The van der Waals surface area contributed by atoms with Gasteiger partial charge in [0.2, 0.25) is 5.91 Å². The van der Waals surface area contributed by atoms with Crippen LogP contribution in [0.1, 0.15) is 43.1 Å². The first-order chi connectivity index (χ1) is 13.5. The van der Waals surface area contributed by atoms with E-state index in [1.165, 1.54) is 6.92 Å². The van der Waals surface area contributed by atoms with Crippen LogP contribution >= 0.6 is 0 Å². The molecule has 0 unspecified atom stereocenters. The quantitative estimate of drug-likeness (QED) is 0.589. The van der Waals surface area contributed by atoms with Gasteiger partial charge in [-0.3, -0.25) is 14.4 Å². The Kier molecular flexibility index (Phi) is 6.34. The van der Waals surface area contributed by atoms with Gasteiger partial charge in [-0.15, -0.1) is 0 Å². The Bertz CT molecular complexity index is 874. The lowest BCUT2D eigenvalue weighted by Crippen LogP contribution is -2.49. The summed E-state index contributed by atoms with van der Waals surface area (Å²) in [7, 11) is 1.87. The second-order valence-electron chi connectivity index (χ2n) is 7.25. The summed E-state index contributed by atoms with van der Waals surface area (Å²) in [6.45, 7) is 1.76. The molecular weight excluding hydrogens is 358 g/mol. The number of fused-ring (bicyclic) bond motifs is 1. The number of esters is 1. The molecule has 7 nitrogen and oxygen atoms in total. The highest BCUT2D eigenvalue weighted by Gasteiger charge is 2.32. The number of hydrogen-bond donors (Lipinski definition) is 2. The third-order valence-electron chi connectivity index (χ3n) is 5.31. The first-order valence-corrected chi connectivity index (χ1v) is 9.74. The fourth-order valence-electron chi connectivity index (χ4n) is 3.87. The average Bonchev–Trinajstić information content (AvgIpc) is 3.02. The maximum absolute atomic E-state index is 12.9. The molecule has 1 aromatic heterocycles. The van der Waals surface area contributed by atoms with Crippen molar-refractivity contribution in [3.63, 3.8) is 0 Å². The molecule has 1 aromatic carbocycles. The molecule has 2 amide bonds. The number of benzene rings is 1. The van der Waals surface area contributed by atoms with Crippen molar-refractivity contribution in [2.45, 2.75) is 38.6 Å². The van der Waals surface area contributed by atoms with E-state index in [9.17, 15) is 14.4 Å². The Labute approximate surface area is 164 Å². The van der Waals surface area contributed by atoms with Crippen LogP contribution in [-0.4, -0.2) is 41.5 Å². The number of para-hydroxylation sites is 1. The van der Waals surface area contributed by atoms with Gasteiger partial charge in [-0.25, -0.2) is 0 Å². The van der Waals surface area contributed by atoms with Crippen molar-refractivity contribution >= 4 is 28.7 Å². The number of amides is 2. The molecule has 28 heavy (non-hydrogen) atoms. The number of rotatable bonds is 6. The maximum Gasteiger partial charge on any atom is 0.302 e. The van der Waals surface area contributed by atoms with Crippen LogP contribution in [0, 0.1) is 5.92 Å². The number of carbonyl (C=O) groups is 3. The van der Waals surface area contributed by atoms with Crippen LogP contribution in [0.2, 0.25) is 0 Å². The predicted molar refractivity (Wildman–Crippen MR) is 106 cm³/mol. The van der Waals surface area contributed by atoms with Crippen molar-refractivity contribution < 1.29 is 19.1 Å². The molecule has 0 spiro atoms. The van der Waals surface area contributed by atoms with Crippen molar-refractivity contribution in [1.29, 1.82) is 0 Å². The van der Waals surface area contributed by atoms with E-state index in [0.717, 1.165) is 36.6 Å². The molecule has 1 aliphatic rings. The molecule has 1 saturated carbocycles. The summed E-state index contributed by atoms with van der Waals surface area (Å²) < 4.78 is 6.72. The van der Waals surface area contributed by atoms with Crippen molar-refractivity contribution in [1.82, 2.24) is 15.2 Å². The highest BCUT2D eigenvalue weighted by Crippen LogP contribution is 2.26. The Morgan fingerprint density at radius 1 is 1.18 bits per heavy atom. The fraction of sp³-hybridized carbons (Fsp3) is 0.476. The van der Waals surface area contributed by atoms with Gasteiger partial charge in [-0.2, -0.15) is 0 Å². The molecule has 7 heteroatoms. The minimum Gasteiger partial charge on any atom is -0.464 e. The molecule has 0 radical (unpaired) electrons. The number of aryl methyl sites for hydroxylation is 1. The van der Waals surface area contributed by atoms with Crippen LogP contribution in [-0.2, 0) is 21.4 Å². The standard InChI is InChI=1S/C21H27N3O4/c1-14(25)28-12-11-22-20(26)16-8-4-5-9-17(16)23-21(27)19-13-15-7-3-6-10-18(15)24(19)2/h3,6-7,10,13,16-17H,4-5,8-9,11-12H2,1-2H3,(H,22,26)(H,23,27)/t16-,17+/m1/s1. The summed E-state index contributed by atoms with van der Waals surface area (Å²) in [5, 5.41) is 6.89. The van der Waals surface area contributed by atoms with Gasteiger partial charge < -0.3 is 19.9 Å². The zero-order chi connectivity index (χ0) is 20.1. The lowest BCUT2D eigenvalue weighted by atomic mass is 9.83. The van der Waals surface area contributed by atoms with E-state index >= 15 is 0 Å². The summed E-state index contributed by atoms with van der Waals surface area (Å²) in [6.07, 6.45) is 3.46. The SMILES string of the molecule is CC(=O)OCCNC(=O)[C@@H]1CCCC[C@@H]1NC(=O)c1cc2ccccc2n1C. The van der Waals surface area contributed by atoms with Crippen LogP contribution in [0.3, 0.4) is 0 Å². The van der Waals surface area contributed by atoms with Crippen molar-refractivity contribution in [2.24, 2.45) is 13.0 Å². The normalized spacial score (nSPS) is 19.2. The zero-order valence-corrected chi connectivity index (χ0v) is 16.4. The van der Waals surface area contributed by atoms with Crippen LogP contribution in [0.15, 0.2) is 30.3 Å². The zero-order valence-electron chi connectivity index (χ0n) is 16.4. The second-order valence-corrected chi connectivity index (χ2v) is 7.25. The van der Waals surface area contributed by atoms with Crippen LogP contribution in [0.25, 0.3) is 10.9 Å². The van der Waals surface area contributed by atoms with Gasteiger partial charge in [0, 0.05) is 30.9 Å². The van der Waals surface area contributed by atoms with Gasteiger partial charge in [0.05, 0.1) is 12.5 Å². The molecule has 1 aliphatic carbocycles. The number of carbonyl (C=O) groups excluding carboxylic acids is 3. The largest absolute Gasteiger partial charge is 0.464 e. The van der Waals surface area contributed by atoms with Gasteiger partial charge in [-0.1, -0.05) is 31.0 Å². The Hall–Kier alpha value is -2.83. The van der Waals surface area contributed by atoms with Crippen LogP contribution in [0.5, 0.6) is 0 Å². The predicted octanol–water partition coefficient (Wildman–Crippen LogP) is 2.15. The molecule has 3 rings (SSSR count). The summed E-state index contributed by atoms with van der Waals surface area (Å²) in [6, 6.07) is 9.52. The van der Waals surface area contributed by atoms with Gasteiger partial charge in [0.15, 0.2) is 0 Å². The highest BCUT2D eigenvalue weighted by molar-refractivity contribution is 5.99. The van der Waals surface area contributed by atoms with Gasteiger partial charge in [-0.05, 0) is 25.0 Å². The molecule has 2 atom stereocenters. The van der Waals surface area contributed by atoms with Crippen molar-refractivity contribution in [2.75, 3.05) is 13.2 Å². The molecule has 1 fully saturated rings. The first kappa shape index (κ1) is 19.9. The second kappa shape index (κ2) is 8.91. The van der Waals surface area contributed by atoms with E-state index in [0.29, 0.717) is 5.69 Å². The Balaban J connectivity index is 1.64. The number of nitrogens with zero attached hydrogens (tertiary/aromatic N) is 1. The number of aromatic nitrogens is 1. The third-order valence-corrected chi connectivity index (χ3v) is 5.31. The molecule has 2 N–H and O–H groups in total. The third kappa shape index (κ3) is 4.52. The minimum absolute atomic E-state index is 0.103. The molecule has 0 saturated heterocycles. The molecule has 2 aromatic rings. The Morgan fingerprint density at radius 2 is 1.93 bits per heavy atom. The van der Waals surface area contributed by atoms with Gasteiger partial charge in [0.25, 0.3) is 5.91 Å². The van der Waals surface area contributed by atoms with E-state index in [4.69, 9.17) is 4.74 Å². The first-order valence-electron chi connectivity index (χ1n) is 9.74. The smallest absolute Gasteiger partial charge is 0.302 e. The summed E-state index contributed by atoms with van der Waals surface area (Å²) in [4.78, 5) is 36.3. The fourth-order valence-corrected chi connectivity index (χ4v) is 3.87. The summed E-state index contributed by atoms with van der Waals surface area (Å²) in [5.74, 6) is -0.908. The molecule has 1 heterocycles. The van der Waals surface area contributed by atoms with Gasteiger partial charge >= 0.3 is 5.97 Å². The number of nitrogens with one attached hydrogen (secondary N) is 2.